The molecular weight excluding hydrogens is 443 g/mol. The highest BCUT2D eigenvalue weighted by molar-refractivity contribution is 14.1. The van der Waals surface area contributed by atoms with E-state index in [1.807, 2.05) is 38.1 Å². The molecule has 144 valence electrons. The van der Waals surface area contributed by atoms with E-state index >= 15 is 0 Å². The number of hydrogen-bond donors (Lipinski definition) is 0. The Morgan fingerprint density at radius 3 is 2.58 bits per heavy atom. The molecule has 0 spiro atoms. The smallest absolute Gasteiger partial charge is 0.338 e. The molecule has 5 heteroatoms. The van der Waals surface area contributed by atoms with E-state index in [1.54, 1.807) is 12.1 Å². The maximum atomic E-state index is 12.6. The van der Waals surface area contributed by atoms with E-state index in [0.29, 0.717) is 11.5 Å². The maximum Gasteiger partial charge on any atom is 0.338 e. The van der Waals surface area contributed by atoms with Gasteiger partial charge in [-0.05, 0) is 50.8 Å². The summed E-state index contributed by atoms with van der Waals surface area (Å²) in [5.74, 6) is -0.477. The van der Waals surface area contributed by atoms with Crippen LogP contribution in [0, 0.1) is 5.92 Å². The number of alkyl halides is 1. The molecule has 0 radical (unpaired) electrons. The van der Waals surface area contributed by atoms with Gasteiger partial charge < -0.3 is 14.2 Å². The van der Waals surface area contributed by atoms with E-state index in [2.05, 4.69) is 42.5 Å². The van der Waals surface area contributed by atoms with Crippen molar-refractivity contribution in [3.8, 4) is 0 Å². The Morgan fingerprint density at radius 2 is 1.96 bits per heavy atom. The van der Waals surface area contributed by atoms with Crippen molar-refractivity contribution in [3.63, 3.8) is 0 Å². The molecule has 2 unspecified atom stereocenters. The largest absolute Gasteiger partial charge is 0.452 e. The van der Waals surface area contributed by atoms with E-state index in [-0.39, 0.29) is 18.2 Å². The van der Waals surface area contributed by atoms with Crippen LogP contribution in [0.5, 0.6) is 0 Å². The molecule has 26 heavy (non-hydrogen) atoms. The van der Waals surface area contributed by atoms with Crippen LogP contribution < -0.4 is 0 Å². The molecule has 0 aliphatic carbocycles. The second-order valence-electron chi connectivity index (χ2n) is 7.41. The highest BCUT2D eigenvalue weighted by Gasteiger charge is 2.45. The van der Waals surface area contributed by atoms with Crippen molar-refractivity contribution in [1.82, 2.24) is 0 Å². The summed E-state index contributed by atoms with van der Waals surface area (Å²) in [5.41, 5.74) is 0.540. The van der Waals surface area contributed by atoms with Crippen molar-refractivity contribution in [3.05, 3.63) is 48.0 Å². The third kappa shape index (κ3) is 6.35. The second-order valence-corrected chi connectivity index (χ2v) is 8.49. The number of ether oxygens (including phenoxy) is 3. The lowest BCUT2D eigenvalue weighted by Crippen LogP contribution is -2.38. The van der Waals surface area contributed by atoms with Gasteiger partial charge in [-0.25, -0.2) is 4.79 Å². The first-order valence-corrected chi connectivity index (χ1v) is 10.7. The first kappa shape index (κ1) is 21.4. The molecule has 0 aromatic heterocycles. The van der Waals surface area contributed by atoms with E-state index < -0.39 is 11.9 Å². The predicted molar refractivity (Wildman–Crippen MR) is 112 cm³/mol. The Labute approximate surface area is 170 Å². The number of benzene rings is 1. The summed E-state index contributed by atoms with van der Waals surface area (Å²) >= 11 is 2.33. The molecule has 3 atom stereocenters. The number of hydrogen-bond acceptors (Lipinski definition) is 4. The van der Waals surface area contributed by atoms with Crippen LogP contribution in [-0.2, 0) is 14.2 Å². The molecule has 4 nitrogen and oxygen atoms in total. The zero-order chi connectivity index (χ0) is 19.2. The zero-order valence-electron chi connectivity index (χ0n) is 16.0. The van der Waals surface area contributed by atoms with E-state index in [0.717, 1.165) is 17.3 Å². The number of halogens is 1. The lowest BCUT2D eigenvalue weighted by Gasteiger charge is -2.24. The molecule has 0 amide bonds. The third-order valence-electron chi connectivity index (χ3n) is 4.12. The predicted octanol–water partition coefficient (Wildman–Crippen LogP) is 5.16. The molecule has 1 aliphatic heterocycles. The molecule has 0 N–H and O–H groups in total. The van der Waals surface area contributed by atoms with Gasteiger partial charge in [-0.3, -0.25) is 0 Å². The normalized spacial score (nSPS) is 23.5. The van der Waals surface area contributed by atoms with Crippen LogP contribution >= 0.6 is 22.6 Å². The van der Waals surface area contributed by atoms with Crippen LogP contribution in [0.4, 0.5) is 0 Å². The topological polar surface area (TPSA) is 44.8 Å². The molecule has 1 saturated heterocycles. The minimum atomic E-state index is -0.676. The van der Waals surface area contributed by atoms with Gasteiger partial charge in [-0.2, -0.15) is 0 Å². The van der Waals surface area contributed by atoms with Gasteiger partial charge in [0.1, 0.15) is 12.2 Å². The van der Waals surface area contributed by atoms with Gasteiger partial charge >= 0.3 is 5.97 Å². The lowest BCUT2D eigenvalue weighted by molar-refractivity contribution is -0.153. The van der Waals surface area contributed by atoms with E-state index in [4.69, 9.17) is 14.2 Å². The highest BCUT2D eigenvalue weighted by atomic mass is 127. The zero-order valence-corrected chi connectivity index (χ0v) is 18.1. The van der Waals surface area contributed by atoms with Crippen LogP contribution in [0.15, 0.2) is 42.5 Å². The van der Waals surface area contributed by atoms with Gasteiger partial charge in [0.25, 0.3) is 0 Å². The quantitative estimate of drug-likeness (QED) is 0.227. The monoisotopic (exact) mass is 472 g/mol. The fourth-order valence-corrected chi connectivity index (χ4v) is 3.55. The van der Waals surface area contributed by atoms with Gasteiger partial charge in [-0.15, -0.1) is 0 Å². The van der Waals surface area contributed by atoms with Gasteiger partial charge in [0, 0.05) is 4.43 Å². The average Bonchev–Trinajstić information content (AvgIpc) is 2.89. The molecule has 1 aromatic rings. The van der Waals surface area contributed by atoms with Gasteiger partial charge in [0.2, 0.25) is 0 Å². The van der Waals surface area contributed by atoms with Gasteiger partial charge in [-0.1, -0.05) is 60.7 Å². The van der Waals surface area contributed by atoms with Crippen LogP contribution in [0.25, 0.3) is 0 Å². The van der Waals surface area contributed by atoms with Crippen molar-refractivity contribution in [2.24, 2.45) is 5.92 Å². The Morgan fingerprint density at radius 1 is 1.27 bits per heavy atom. The first-order valence-electron chi connectivity index (χ1n) is 9.16. The average molecular weight is 472 g/mol. The molecule has 2 rings (SSSR count). The SMILES string of the molecule is CC(C)C/C=C\C(OC(=O)c1ccccc1)C1OC(C)(C)O[C@H]1CCI. The molecular formula is C21H29IO4. The second kappa shape index (κ2) is 9.85. The molecule has 1 aliphatic rings. The Kier molecular flexibility index (Phi) is 8.10. The number of carbonyl (C=O) groups excluding carboxylic acids is 1. The summed E-state index contributed by atoms with van der Waals surface area (Å²) in [6.45, 7) is 8.13. The number of esters is 1. The first-order chi connectivity index (χ1) is 12.3. The van der Waals surface area contributed by atoms with E-state index in [1.165, 1.54) is 0 Å². The Balaban J connectivity index is 2.19. The van der Waals surface area contributed by atoms with Crippen LogP contribution in [0.3, 0.4) is 0 Å². The van der Waals surface area contributed by atoms with Crippen molar-refractivity contribution in [2.75, 3.05) is 4.43 Å². The molecule has 0 bridgehead atoms. The number of rotatable bonds is 8. The summed E-state index contributed by atoms with van der Waals surface area (Å²) in [6.07, 6.45) is 4.92. The minimum absolute atomic E-state index is 0.0980. The summed E-state index contributed by atoms with van der Waals surface area (Å²) in [7, 11) is 0. The van der Waals surface area contributed by atoms with E-state index in [9.17, 15) is 4.79 Å². The summed E-state index contributed by atoms with van der Waals surface area (Å²) in [4.78, 5) is 12.6. The maximum absolute atomic E-state index is 12.6. The van der Waals surface area contributed by atoms with Gasteiger partial charge in [0.15, 0.2) is 5.79 Å². The summed E-state index contributed by atoms with van der Waals surface area (Å²) < 4.78 is 19.0. The lowest BCUT2D eigenvalue weighted by atomic mass is 10.0. The summed E-state index contributed by atoms with van der Waals surface area (Å²) in [5, 5.41) is 0. The molecule has 1 heterocycles. The highest BCUT2D eigenvalue weighted by Crippen LogP contribution is 2.33. The fraction of sp³-hybridized carbons (Fsp3) is 0.571. The standard InChI is InChI=1S/C21H29IO4/c1-15(2)9-8-12-17(24-20(23)16-10-6-5-7-11-16)19-18(13-14-22)25-21(3,4)26-19/h5-8,10-12,15,17-19H,9,13-14H2,1-4H3/b12-8-/t17?,18-,19?/m0/s1. The third-order valence-corrected chi connectivity index (χ3v) is 4.75. The number of allylic oxidation sites excluding steroid dienone is 1. The summed E-state index contributed by atoms with van der Waals surface area (Å²) in [6, 6.07) is 9.06. The fourth-order valence-electron chi connectivity index (χ4n) is 2.94. The van der Waals surface area contributed by atoms with Crippen molar-refractivity contribution in [1.29, 1.82) is 0 Å². The molecule has 1 fully saturated rings. The van der Waals surface area contributed by atoms with Crippen molar-refractivity contribution >= 4 is 28.6 Å². The van der Waals surface area contributed by atoms with Gasteiger partial charge in [0.05, 0.1) is 11.7 Å². The van der Waals surface area contributed by atoms with Crippen LogP contribution in [-0.4, -0.2) is 34.5 Å². The number of carbonyl (C=O) groups is 1. The van der Waals surface area contributed by atoms with Crippen LogP contribution in [0.2, 0.25) is 0 Å². The van der Waals surface area contributed by atoms with Crippen molar-refractivity contribution < 1.29 is 19.0 Å². The van der Waals surface area contributed by atoms with Crippen molar-refractivity contribution in [2.45, 2.75) is 64.6 Å². The Hall–Kier alpha value is -0.920. The molecule has 1 aromatic carbocycles. The minimum Gasteiger partial charge on any atom is -0.452 e. The molecule has 0 saturated carbocycles. The van der Waals surface area contributed by atoms with Crippen LogP contribution in [0.1, 0.15) is 50.9 Å². The Bertz CT molecular complexity index is 597.